The second kappa shape index (κ2) is 9.34. The number of phosphoric acid groups is 1. The van der Waals surface area contributed by atoms with Gasteiger partial charge in [-0.2, -0.15) is 0 Å². The largest absolute Gasteiger partial charge is 0.479 e. The highest BCUT2D eigenvalue weighted by molar-refractivity contribution is 7.81. The molecule has 1 fully saturated rings. The SMILES string of the molecule is O=c1[nH]c(=S)ccn1[C@@H]1O[C@H](COP(=O)(O)OP(=O)(O)C(Cl)(Cl)P(=O)(O)O)[C@@H](O)[C@H]1O. The van der Waals surface area contributed by atoms with E-state index in [-0.39, 0.29) is 4.64 Å². The summed E-state index contributed by atoms with van der Waals surface area (Å²) in [6.07, 6.45) is -5.37. The van der Waals surface area contributed by atoms with Crippen LogP contribution in [0.25, 0.3) is 0 Å². The van der Waals surface area contributed by atoms with Gasteiger partial charge in [0.05, 0.1) is 6.61 Å². The van der Waals surface area contributed by atoms with Crippen LogP contribution in [0.2, 0.25) is 0 Å². The van der Waals surface area contributed by atoms with Crippen LogP contribution in [-0.4, -0.2) is 68.1 Å². The molecular weight excluding hydrogens is 552 g/mol. The Morgan fingerprint density at radius 1 is 1.19 bits per heavy atom. The minimum Gasteiger partial charge on any atom is -0.387 e. The molecular formula is C10H15Cl2N2O13P3S. The van der Waals surface area contributed by atoms with E-state index in [0.29, 0.717) is 0 Å². The average Bonchev–Trinajstić information content (AvgIpc) is 2.86. The van der Waals surface area contributed by atoms with Crippen molar-refractivity contribution in [1.82, 2.24) is 9.55 Å². The number of hydrogen-bond acceptors (Lipinski definition) is 10. The molecule has 0 saturated carbocycles. The highest BCUT2D eigenvalue weighted by Crippen LogP contribution is 2.79. The maximum absolute atomic E-state index is 11.9. The van der Waals surface area contributed by atoms with E-state index in [9.17, 15) is 38.5 Å². The van der Waals surface area contributed by atoms with Crippen LogP contribution < -0.4 is 5.69 Å². The summed E-state index contributed by atoms with van der Waals surface area (Å²) in [5, 5.41) is 20.1. The molecule has 21 heteroatoms. The quantitative estimate of drug-likeness (QED) is 0.125. The van der Waals surface area contributed by atoms with Crippen molar-refractivity contribution in [3.05, 3.63) is 27.4 Å². The molecule has 0 spiro atoms. The second-order valence-electron chi connectivity index (χ2n) is 5.98. The van der Waals surface area contributed by atoms with Gasteiger partial charge in [0.1, 0.15) is 23.0 Å². The number of aromatic nitrogens is 2. The minimum absolute atomic E-state index is 0.0749. The molecule has 1 aliphatic heterocycles. The molecule has 1 saturated heterocycles. The zero-order valence-electron chi connectivity index (χ0n) is 14.7. The first kappa shape index (κ1) is 27.3. The Labute approximate surface area is 187 Å². The molecule has 7 N–H and O–H groups in total. The fourth-order valence-electron chi connectivity index (χ4n) is 2.27. The standard InChI is InChI=1S/C10H15Cl2N2O13P3S/c11-10(12,28(18,19)20)29(21,22)27-30(23,24)25-3-4-6(15)7(16)8(26-4)14-2-1-5(31)13-9(14)17/h1-2,4,6-8,15-16H,3H2,(H,21,22)(H,23,24)(H,13,17,31)(H2,18,19,20)/t4-,6-,7-,8-/m1/s1. The molecule has 2 rings (SSSR count). The number of H-pyrrole nitrogens is 1. The van der Waals surface area contributed by atoms with Gasteiger partial charge in [0.15, 0.2) is 6.23 Å². The summed E-state index contributed by atoms with van der Waals surface area (Å²) in [6, 6.07) is 1.28. The number of ether oxygens (including phenoxy) is 1. The number of alkyl halides is 2. The van der Waals surface area contributed by atoms with Crippen LogP contribution in [0.15, 0.2) is 17.1 Å². The third-order valence-corrected chi connectivity index (χ3v) is 11.7. The van der Waals surface area contributed by atoms with E-state index in [1.807, 2.05) is 0 Å². The molecule has 178 valence electrons. The molecule has 6 atom stereocenters. The highest BCUT2D eigenvalue weighted by atomic mass is 35.5. The van der Waals surface area contributed by atoms with E-state index in [2.05, 4.69) is 13.8 Å². The summed E-state index contributed by atoms with van der Waals surface area (Å²) >= 11 is 15.0. The van der Waals surface area contributed by atoms with Crippen LogP contribution in [0.1, 0.15) is 6.23 Å². The van der Waals surface area contributed by atoms with Gasteiger partial charge in [-0.3, -0.25) is 23.2 Å². The molecule has 2 heterocycles. The van der Waals surface area contributed by atoms with Gasteiger partial charge in [-0.25, -0.2) is 13.7 Å². The normalized spacial score (nSPS) is 28.8. The Bertz CT molecular complexity index is 1090. The molecule has 2 unspecified atom stereocenters. The van der Waals surface area contributed by atoms with E-state index < -0.39 is 63.7 Å². The van der Waals surface area contributed by atoms with Crippen molar-refractivity contribution in [2.24, 2.45) is 0 Å². The number of phosphoric ester groups is 1. The van der Waals surface area contributed by atoms with Crippen LogP contribution in [-0.2, 0) is 27.3 Å². The summed E-state index contributed by atoms with van der Waals surface area (Å²) in [5.74, 6) is 0. The Kier molecular flexibility index (Phi) is 8.21. The molecule has 0 aliphatic carbocycles. The number of aliphatic hydroxyl groups excluding tert-OH is 2. The second-order valence-corrected chi connectivity index (χ2v) is 14.5. The maximum Gasteiger partial charge on any atom is 0.479 e. The van der Waals surface area contributed by atoms with Crippen molar-refractivity contribution < 1.29 is 57.1 Å². The lowest BCUT2D eigenvalue weighted by Crippen LogP contribution is -2.36. The highest BCUT2D eigenvalue weighted by Gasteiger charge is 2.62. The fraction of sp³-hybridized carbons (Fsp3) is 0.600. The molecule has 31 heavy (non-hydrogen) atoms. The Morgan fingerprint density at radius 2 is 1.77 bits per heavy atom. The Hall–Kier alpha value is 0.01000. The molecule has 15 nitrogen and oxygen atoms in total. The van der Waals surface area contributed by atoms with Crippen molar-refractivity contribution in [1.29, 1.82) is 0 Å². The Morgan fingerprint density at radius 3 is 2.29 bits per heavy atom. The zero-order chi connectivity index (χ0) is 24.0. The lowest BCUT2D eigenvalue weighted by atomic mass is 10.1. The molecule has 1 aliphatic rings. The summed E-state index contributed by atoms with van der Waals surface area (Å²) in [5.41, 5.74) is -0.805. The lowest BCUT2D eigenvalue weighted by Gasteiger charge is -2.26. The van der Waals surface area contributed by atoms with E-state index in [1.54, 1.807) is 0 Å². The number of nitrogens with one attached hydrogen (secondary N) is 1. The predicted octanol–water partition coefficient (Wildman–Crippen LogP) is 0.111. The first-order valence-electron chi connectivity index (χ1n) is 7.68. The average molecular weight is 567 g/mol. The van der Waals surface area contributed by atoms with Crippen LogP contribution in [0.4, 0.5) is 0 Å². The number of hydrogen-bond donors (Lipinski definition) is 7. The van der Waals surface area contributed by atoms with Gasteiger partial charge in [-0.1, -0.05) is 35.4 Å². The number of rotatable bonds is 8. The number of aliphatic hydroxyl groups is 2. The summed E-state index contributed by atoms with van der Waals surface area (Å²) in [4.78, 5) is 51.1. The fourth-order valence-corrected chi connectivity index (χ4v) is 6.65. The predicted molar refractivity (Wildman–Crippen MR) is 105 cm³/mol. The topological polar surface area (TPSA) is 238 Å². The Balaban J connectivity index is 2.12. The number of aromatic amines is 1. The van der Waals surface area contributed by atoms with E-state index >= 15 is 0 Å². The van der Waals surface area contributed by atoms with Crippen LogP contribution in [0, 0.1) is 4.64 Å². The van der Waals surface area contributed by atoms with Gasteiger partial charge >= 0.3 is 32.5 Å². The maximum atomic E-state index is 11.9. The third-order valence-electron chi connectivity index (χ3n) is 3.77. The zero-order valence-corrected chi connectivity index (χ0v) is 19.7. The van der Waals surface area contributed by atoms with Gasteiger partial charge in [-0.15, -0.1) is 0 Å². The summed E-state index contributed by atoms with van der Waals surface area (Å²) in [7, 11) is -17.2. The first-order chi connectivity index (χ1) is 13.9. The number of halogens is 2. The molecule has 0 radical (unpaired) electrons. The monoisotopic (exact) mass is 566 g/mol. The van der Waals surface area contributed by atoms with Crippen molar-refractivity contribution in [2.45, 2.75) is 28.4 Å². The molecule has 1 aromatic heterocycles. The van der Waals surface area contributed by atoms with Gasteiger partial charge in [0, 0.05) is 6.20 Å². The van der Waals surface area contributed by atoms with Crippen LogP contribution in [0.5, 0.6) is 0 Å². The van der Waals surface area contributed by atoms with Gasteiger partial charge in [0.25, 0.3) is 0 Å². The molecule has 0 amide bonds. The van der Waals surface area contributed by atoms with Crippen molar-refractivity contribution in [2.75, 3.05) is 6.61 Å². The van der Waals surface area contributed by atoms with Gasteiger partial charge < -0.3 is 34.5 Å². The first-order valence-corrected chi connectivity index (χ1v) is 13.5. The minimum atomic E-state index is -5.88. The van der Waals surface area contributed by atoms with Gasteiger partial charge in [0.2, 0.25) is 0 Å². The van der Waals surface area contributed by atoms with E-state index in [4.69, 9.17) is 49.9 Å². The summed E-state index contributed by atoms with van der Waals surface area (Å²) in [6.45, 7) is -1.05. The molecule has 1 aromatic rings. The van der Waals surface area contributed by atoms with Crippen molar-refractivity contribution in [3.63, 3.8) is 0 Å². The smallest absolute Gasteiger partial charge is 0.387 e. The van der Waals surface area contributed by atoms with E-state index in [1.165, 1.54) is 6.07 Å². The molecule has 0 bridgehead atoms. The van der Waals surface area contributed by atoms with Crippen LogP contribution >= 0.6 is 58.4 Å². The van der Waals surface area contributed by atoms with Crippen molar-refractivity contribution >= 4 is 58.4 Å². The van der Waals surface area contributed by atoms with Crippen molar-refractivity contribution in [3.8, 4) is 0 Å². The number of nitrogens with zero attached hydrogens (tertiary/aromatic N) is 1. The van der Waals surface area contributed by atoms with E-state index in [0.717, 1.165) is 10.8 Å². The van der Waals surface area contributed by atoms with Crippen LogP contribution in [0.3, 0.4) is 0 Å². The third kappa shape index (κ3) is 5.93. The lowest BCUT2D eigenvalue weighted by molar-refractivity contribution is -0.0540. The van der Waals surface area contributed by atoms with Gasteiger partial charge in [-0.05, 0) is 6.07 Å². The molecule has 0 aromatic carbocycles. The summed E-state index contributed by atoms with van der Waals surface area (Å²) < 4.78 is 45.6.